The van der Waals surface area contributed by atoms with Crippen molar-refractivity contribution in [2.24, 2.45) is 0 Å². The molecule has 4 heterocycles. The zero-order valence-corrected chi connectivity index (χ0v) is 36.7. The van der Waals surface area contributed by atoms with Gasteiger partial charge >= 0.3 is 0 Å². The summed E-state index contributed by atoms with van der Waals surface area (Å²) in [5.74, 6) is 1.53. The van der Waals surface area contributed by atoms with Crippen molar-refractivity contribution in [2.75, 3.05) is 69.5 Å². The van der Waals surface area contributed by atoms with Crippen LogP contribution in [0.25, 0.3) is 28.3 Å². The normalized spacial score (nSPS) is 15.6. The molecule has 0 atom stereocenters. The van der Waals surface area contributed by atoms with Gasteiger partial charge in [-0.05, 0) is 71.1 Å². The van der Waals surface area contributed by atoms with E-state index in [-0.39, 0.29) is 10.9 Å². The quantitative estimate of drug-likeness (QED) is 0.0705. The first-order valence-corrected chi connectivity index (χ1v) is 23.2. The van der Waals surface area contributed by atoms with E-state index in [1.165, 1.54) is 22.5 Å². The van der Waals surface area contributed by atoms with Crippen LogP contribution in [-0.4, -0.2) is 92.1 Å². The Bertz CT molecular complexity index is 2360. The third-order valence-electron chi connectivity index (χ3n) is 12.3. The highest BCUT2D eigenvalue weighted by molar-refractivity contribution is 6.99. The van der Waals surface area contributed by atoms with Crippen LogP contribution in [0.1, 0.15) is 45.9 Å². The summed E-state index contributed by atoms with van der Waals surface area (Å²) in [4.78, 5) is 9.72. The van der Waals surface area contributed by atoms with Crippen molar-refractivity contribution in [1.29, 1.82) is 0 Å². The van der Waals surface area contributed by atoms with Crippen molar-refractivity contribution in [3.05, 3.63) is 121 Å². The minimum atomic E-state index is -2.74. The van der Waals surface area contributed by atoms with Gasteiger partial charge in [0.2, 0.25) is 0 Å². The van der Waals surface area contributed by atoms with E-state index < -0.39 is 8.32 Å². The maximum Gasteiger partial charge on any atom is 0.261 e. The summed E-state index contributed by atoms with van der Waals surface area (Å²) in [6, 6.07) is 34.0. The molecule has 4 aromatic carbocycles. The second-order valence-corrected chi connectivity index (χ2v) is 21.3. The first-order valence-electron chi connectivity index (χ1n) is 21.3. The first-order chi connectivity index (χ1) is 29.6. The Morgan fingerprint density at radius 1 is 0.820 bits per heavy atom. The zero-order valence-electron chi connectivity index (χ0n) is 35.7. The van der Waals surface area contributed by atoms with Gasteiger partial charge in [-0.3, -0.25) is 14.5 Å². The molecular weight excluding hydrogens is 784 g/mol. The number of pyridine rings is 1. The average Bonchev–Trinajstić information content (AvgIpc) is 3.71. The molecule has 61 heavy (non-hydrogen) atoms. The Hall–Kier alpha value is -5.60. The van der Waals surface area contributed by atoms with Gasteiger partial charge in [0.1, 0.15) is 17.4 Å². The molecule has 2 aliphatic heterocycles. The van der Waals surface area contributed by atoms with Crippen molar-refractivity contribution >= 4 is 35.8 Å². The predicted molar refractivity (Wildman–Crippen MR) is 245 cm³/mol. The standard InChI is InChI=1S/C48H57FN8O3Si/c1-48(2,3)61(38-12-7-5-8-13-38,39-14-9-6-10-15-39)60-29-11-16-43-53-54-47(34-17-19-35(49)20-18-34)57(43)37-21-24-52-40(32-37)44-45(50)41(33-42(58-4)46(44)51)56-25-22-36(23-26-56)55-27-30-59-31-28-55/h5-10,12-15,17-21,24,32-33,36H,11,16,22-23,25-31,50-51H2,1-4H3. The number of methoxy groups -OCH3 is 1. The number of hydrogen-bond acceptors (Lipinski definition) is 10. The zero-order chi connectivity index (χ0) is 42.6. The molecule has 11 nitrogen and oxygen atoms in total. The number of aromatic nitrogens is 4. The lowest BCUT2D eigenvalue weighted by atomic mass is 9.99. The van der Waals surface area contributed by atoms with Crippen LogP contribution >= 0.6 is 0 Å². The third kappa shape index (κ3) is 8.52. The van der Waals surface area contributed by atoms with Crippen LogP contribution in [0, 0.1) is 5.82 Å². The van der Waals surface area contributed by atoms with Crippen LogP contribution < -0.4 is 31.5 Å². The summed E-state index contributed by atoms with van der Waals surface area (Å²) in [6.45, 7) is 12.6. The highest BCUT2D eigenvalue weighted by Gasteiger charge is 2.50. The van der Waals surface area contributed by atoms with E-state index in [4.69, 9.17) is 35.4 Å². The largest absolute Gasteiger partial charge is 0.494 e. The van der Waals surface area contributed by atoms with E-state index in [2.05, 4.69) is 96.3 Å². The molecule has 13 heteroatoms. The van der Waals surface area contributed by atoms with Crippen LogP contribution in [0.3, 0.4) is 0 Å². The van der Waals surface area contributed by atoms with Crippen molar-refractivity contribution < 1.29 is 18.3 Å². The van der Waals surface area contributed by atoms with Gasteiger partial charge < -0.3 is 30.3 Å². The first kappa shape index (κ1) is 42.1. The topological polar surface area (TPSA) is 130 Å². The van der Waals surface area contributed by atoms with Crippen molar-refractivity contribution in [1.82, 2.24) is 24.6 Å². The predicted octanol–water partition coefficient (Wildman–Crippen LogP) is 7.12. The highest BCUT2D eigenvalue weighted by atomic mass is 28.4. The SMILES string of the molecule is COc1cc(N2CCC(N3CCOCC3)CC2)c(N)c(-c2cc(-n3c(CCCO[Si](c4ccccc4)(c4ccccc4)C(C)(C)C)nnc3-c3ccc(F)cc3)ccn2)c1N. The molecule has 0 spiro atoms. The summed E-state index contributed by atoms with van der Waals surface area (Å²) < 4.78 is 34.9. The second-order valence-electron chi connectivity index (χ2n) is 17.0. The summed E-state index contributed by atoms with van der Waals surface area (Å²) in [7, 11) is -1.12. The van der Waals surface area contributed by atoms with Crippen LogP contribution in [0.5, 0.6) is 5.75 Å². The molecule has 0 bridgehead atoms. The van der Waals surface area contributed by atoms with Gasteiger partial charge in [0.05, 0.1) is 54.3 Å². The fraction of sp³-hybridized carbons (Fsp3) is 0.354. The van der Waals surface area contributed by atoms with Crippen LogP contribution in [0.4, 0.5) is 21.5 Å². The molecule has 6 aromatic rings. The maximum atomic E-state index is 14.2. The van der Waals surface area contributed by atoms with Gasteiger partial charge in [-0.1, -0.05) is 81.4 Å². The van der Waals surface area contributed by atoms with Crippen molar-refractivity contribution in [3.8, 4) is 34.1 Å². The summed E-state index contributed by atoms with van der Waals surface area (Å²) in [6.07, 6.45) is 5.06. The number of hydrogen-bond donors (Lipinski definition) is 2. The number of nitrogen functional groups attached to an aromatic ring is 2. The average molecular weight is 841 g/mol. The molecule has 0 amide bonds. The number of nitrogens with zero attached hydrogens (tertiary/aromatic N) is 6. The molecule has 2 fully saturated rings. The molecular formula is C48H57FN8O3Si. The maximum absolute atomic E-state index is 14.2. The third-order valence-corrected chi connectivity index (χ3v) is 17.3. The number of rotatable bonds is 13. The fourth-order valence-corrected chi connectivity index (χ4v) is 13.9. The monoisotopic (exact) mass is 840 g/mol. The number of morpholine rings is 1. The second kappa shape index (κ2) is 18.2. The van der Waals surface area contributed by atoms with E-state index in [0.29, 0.717) is 59.7 Å². The van der Waals surface area contributed by atoms with Crippen molar-refractivity contribution in [3.63, 3.8) is 0 Å². The molecule has 2 saturated heterocycles. The highest BCUT2D eigenvalue weighted by Crippen LogP contribution is 2.45. The fourth-order valence-electron chi connectivity index (χ4n) is 9.25. The minimum Gasteiger partial charge on any atom is -0.494 e. The Kier molecular flexibility index (Phi) is 12.5. The van der Waals surface area contributed by atoms with E-state index in [1.807, 2.05) is 22.8 Å². The van der Waals surface area contributed by atoms with Gasteiger partial charge in [0, 0.05) is 63.1 Å². The van der Waals surface area contributed by atoms with Gasteiger partial charge in [-0.15, -0.1) is 10.2 Å². The Balaban J connectivity index is 1.11. The van der Waals surface area contributed by atoms with E-state index in [9.17, 15) is 4.39 Å². The number of nitrogens with two attached hydrogens (primary N) is 2. The lowest BCUT2D eigenvalue weighted by molar-refractivity contribution is 0.0115. The Labute approximate surface area is 359 Å². The number of aryl methyl sites for hydroxylation is 1. The summed E-state index contributed by atoms with van der Waals surface area (Å²) >= 11 is 0. The number of piperidine rings is 1. The number of halogens is 1. The van der Waals surface area contributed by atoms with Crippen molar-refractivity contribution in [2.45, 2.75) is 57.5 Å². The molecule has 2 aromatic heterocycles. The van der Waals surface area contributed by atoms with Crippen LogP contribution in [-0.2, 0) is 15.6 Å². The number of anilines is 3. The molecule has 0 radical (unpaired) electrons. The van der Waals surface area contributed by atoms with Gasteiger partial charge in [-0.2, -0.15) is 0 Å². The smallest absolute Gasteiger partial charge is 0.261 e. The number of benzene rings is 4. The minimum absolute atomic E-state index is 0.151. The molecule has 4 N–H and O–H groups in total. The van der Waals surface area contributed by atoms with Crippen LogP contribution in [0.2, 0.25) is 5.04 Å². The van der Waals surface area contributed by atoms with Gasteiger partial charge in [0.15, 0.2) is 5.82 Å². The summed E-state index contributed by atoms with van der Waals surface area (Å²) in [5, 5.41) is 11.7. The lowest BCUT2D eigenvalue weighted by Gasteiger charge is -2.43. The molecule has 2 aliphatic rings. The van der Waals surface area contributed by atoms with E-state index in [0.717, 1.165) is 75.0 Å². The summed E-state index contributed by atoms with van der Waals surface area (Å²) in [5.41, 5.74) is 18.5. The van der Waals surface area contributed by atoms with Gasteiger partial charge in [-0.25, -0.2) is 4.39 Å². The number of ether oxygens (including phenoxy) is 2. The van der Waals surface area contributed by atoms with Gasteiger partial charge in [0.25, 0.3) is 8.32 Å². The Morgan fingerprint density at radius 2 is 1.48 bits per heavy atom. The Morgan fingerprint density at radius 3 is 2.10 bits per heavy atom. The molecule has 8 rings (SSSR count). The van der Waals surface area contributed by atoms with E-state index in [1.54, 1.807) is 25.4 Å². The molecule has 318 valence electrons. The van der Waals surface area contributed by atoms with Crippen LogP contribution in [0.15, 0.2) is 109 Å². The lowest BCUT2D eigenvalue weighted by Crippen LogP contribution is -2.66. The van der Waals surface area contributed by atoms with E-state index >= 15 is 0 Å². The molecule has 0 aliphatic carbocycles. The molecule has 0 unspecified atom stereocenters. The molecule has 0 saturated carbocycles.